The summed E-state index contributed by atoms with van der Waals surface area (Å²) in [4.78, 5) is 8.48. The highest BCUT2D eigenvalue weighted by Gasteiger charge is 2.11. The van der Waals surface area contributed by atoms with Crippen molar-refractivity contribution in [2.24, 2.45) is 0 Å². The lowest BCUT2D eigenvalue weighted by Crippen LogP contribution is -2.11. The van der Waals surface area contributed by atoms with Crippen LogP contribution in [0.1, 0.15) is 0 Å². The molecule has 30 heavy (non-hydrogen) atoms. The summed E-state index contributed by atoms with van der Waals surface area (Å²) in [7, 11) is -3.48. The molecule has 3 N–H and O–H groups in total. The summed E-state index contributed by atoms with van der Waals surface area (Å²) in [5.74, 6) is 0.532. The van der Waals surface area contributed by atoms with Crippen LogP contribution in [0.4, 0.5) is 37.6 Å². The van der Waals surface area contributed by atoms with Crippen LogP contribution in [-0.2, 0) is 10.0 Å². The number of hydrogen-bond acceptors (Lipinski definition) is 7. The highest BCUT2D eigenvalue weighted by atomic mass is 79.9. The molecule has 0 bridgehead atoms. The van der Waals surface area contributed by atoms with Gasteiger partial charge >= 0.3 is 6.61 Å². The predicted molar refractivity (Wildman–Crippen MR) is 114 cm³/mol. The van der Waals surface area contributed by atoms with E-state index in [0.29, 0.717) is 27.4 Å². The SMILES string of the molecule is CS(=O)(=O)Nc1ccccc1Nc1nc(Nc2cccc(OC(F)F)c2)ncc1Br. The molecule has 0 atom stereocenters. The van der Waals surface area contributed by atoms with Gasteiger partial charge in [0.15, 0.2) is 0 Å². The monoisotopic (exact) mass is 499 g/mol. The molecule has 3 aromatic rings. The van der Waals surface area contributed by atoms with E-state index in [2.05, 4.69) is 46.0 Å². The van der Waals surface area contributed by atoms with Crippen molar-refractivity contribution in [3.05, 3.63) is 59.2 Å². The third kappa shape index (κ3) is 6.26. The van der Waals surface area contributed by atoms with E-state index >= 15 is 0 Å². The van der Waals surface area contributed by atoms with Crippen LogP contribution in [0.2, 0.25) is 0 Å². The first-order valence-electron chi connectivity index (χ1n) is 8.38. The van der Waals surface area contributed by atoms with Crippen molar-refractivity contribution in [1.29, 1.82) is 0 Å². The minimum absolute atomic E-state index is 0.00811. The number of para-hydroxylation sites is 2. The lowest BCUT2D eigenvalue weighted by Gasteiger charge is -2.14. The molecule has 1 heterocycles. The second-order valence-electron chi connectivity index (χ2n) is 5.97. The van der Waals surface area contributed by atoms with E-state index in [4.69, 9.17) is 0 Å². The summed E-state index contributed by atoms with van der Waals surface area (Å²) >= 11 is 3.34. The maximum atomic E-state index is 12.4. The Kier molecular flexibility index (Phi) is 6.67. The number of rotatable bonds is 8. The highest BCUT2D eigenvalue weighted by molar-refractivity contribution is 9.10. The normalized spacial score (nSPS) is 11.2. The van der Waals surface area contributed by atoms with Gasteiger partial charge in [-0.2, -0.15) is 13.8 Å². The first-order chi connectivity index (χ1) is 14.2. The summed E-state index contributed by atoms with van der Waals surface area (Å²) in [6.45, 7) is -2.93. The fourth-order valence-electron chi connectivity index (χ4n) is 2.40. The van der Waals surface area contributed by atoms with E-state index in [9.17, 15) is 17.2 Å². The largest absolute Gasteiger partial charge is 0.435 e. The molecule has 0 aliphatic carbocycles. The van der Waals surface area contributed by atoms with Crippen LogP contribution in [0.3, 0.4) is 0 Å². The molecule has 0 radical (unpaired) electrons. The zero-order valence-electron chi connectivity index (χ0n) is 15.4. The van der Waals surface area contributed by atoms with Crippen molar-refractivity contribution >= 4 is 54.8 Å². The van der Waals surface area contributed by atoms with Gasteiger partial charge in [-0.25, -0.2) is 13.4 Å². The third-order valence-corrected chi connectivity index (χ3v) is 4.71. The Bertz CT molecular complexity index is 1150. The van der Waals surface area contributed by atoms with Crippen molar-refractivity contribution in [3.63, 3.8) is 0 Å². The van der Waals surface area contributed by atoms with Gasteiger partial charge in [0, 0.05) is 18.0 Å². The lowest BCUT2D eigenvalue weighted by atomic mass is 10.2. The van der Waals surface area contributed by atoms with Gasteiger partial charge in [0.25, 0.3) is 0 Å². The van der Waals surface area contributed by atoms with Gasteiger partial charge in [-0.3, -0.25) is 4.72 Å². The van der Waals surface area contributed by atoms with E-state index in [1.165, 1.54) is 18.3 Å². The van der Waals surface area contributed by atoms with Crippen molar-refractivity contribution in [2.75, 3.05) is 21.6 Å². The quantitative estimate of drug-likeness (QED) is 0.412. The summed E-state index contributed by atoms with van der Waals surface area (Å²) in [6.07, 6.45) is 2.54. The molecule has 158 valence electrons. The van der Waals surface area contributed by atoms with E-state index < -0.39 is 16.6 Å². The van der Waals surface area contributed by atoms with Gasteiger partial charge in [0.1, 0.15) is 11.6 Å². The molecule has 1 aromatic heterocycles. The average molecular weight is 500 g/mol. The first-order valence-corrected chi connectivity index (χ1v) is 11.1. The Morgan fingerprint density at radius 3 is 2.50 bits per heavy atom. The fraction of sp³-hybridized carbons (Fsp3) is 0.111. The molecule has 2 aromatic carbocycles. The molecule has 0 saturated carbocycles. The van der Waals surface area contributed by atoms with Crippen LogP contribution in [0.15, 0.2) is 59.2 Å². The smallest absolute Gasteiger partial charge is 0.387 e. The summed E-state index contributed by atoms with van der Waals surface area (Å²) in [6, 6.07) is 12.7. The zero-order chi connectivity index (χ0) is 21.7. The average Bonchev–Trinajstić information content (AvgIpc) is 2.64. The minimum atomic E-state index is -3.48. The van der Waals surface area contributed by atoms with Gasteiger partial charge in [0.05, 0.1) is 22.1 Å². The van der Waals surface area contributed by atoms with Crippen molar-refractivity contribution in [2.45, 2.75) is 6.61 Å². The van der Waals surface area contributed by atoms with Gasteiger partial charge in [-0.05, 0) is 40.2 Å². The summed E-state index contributed by atoms with van der Waals surface area (Å²) in [5.41, 5.74) is 1.26. The van der Waals surface area contributed by atoms with Crippen LogP contribution >= 0.6 is 15.9 Å². The first kappa shape index (κ1) is 21.7. The van der Waals surface area contributed by atoms with Crippen LogP contribution < -0.4 is 20.1 Å². The van der Waals surface area contributed by atoms with E-state index in [-0.39, 0.29) is 11.7 Å². The number of nitrogens with one attached hydrogen (secondary N) is 3. The molecule has 12 heteroatoms. The molecular formula is C18H16BrF2N5O3S. The standard InChI is InChI=1S/C18H16BrF2N5O3S/c1-30(27,28)26-15-8-3-2-7-14(15)24-16-13(19)10-22-18(25-16)23-11-5-4-6-12(9-11)29-17(20)21/h2-10,17,26H,1H3,(H2,22,23,24,25). The van der Waals surface area contributed by atoms with Crippen LogP contribution in [0.25, 0.3) is 0 Å². The fourth-order valence-corrected chi connectivity index (χ4v) is 3.27. The highest BCUT2D eigenvalue weighted by Crippen LogP contribution is 2.30. The number of anilines is 5. The van der Waals surface area contributed by atoms with E-state index in [0.717, 1.165) is 6.26 Å². The van der Waals surface area contributed by atoms with E-state index in [1.54, 1.807) is 36.4 Å². The second-order valence-corrected chi connectivity index (χ2v) is 8.57. The molecule has 3 rings (SSSR count). The second kappa shape index (κ2) is 9.22. The Morgan fingerprint density at radius 1 is 1.07 bits per heavy atom. The van der Waals surface area contributed by atoms with Crippen molar-refractivity contribution in [1.82, 2.24) is 9.97 Å². The molecule has 8 nitrogen and oxygen atoms in total. The van der Waals surface area contributed by atoms with Crippen molar-refractivity contribution in [3.8, 4) is 5.75 Å². The van der Waals surface area contributed by atoms with Gasteiger partial charge in [0.2, 0.25) is 16.0 Å². The molecular weight excluding hydrogens is 484 g/mol. The minimum Gasteiger partial charge on any atom is -0.435 e. The van der Waals surface area contributed by atoms with Gasteiger partial charge in [-0.1, -0.05) is 18.2 Å². The van der Waals surface area contributed by atoms with Crippen molar-refractivity contribution < 1.29 is 21.9 Å². The maximum Gasteiger partial charge on any atom is 0.387 e. The number of sulfonamides is 1. The zero-order valence-corrected chi connectivity index (χ0v) is 17.8. The summed E-state index contributed by atoms with van der Waals surface area (Å²) in [5, 5.41) is 5.94. The number of alkyl halides is 2. The predicted octanol–water partition coefficient (Wildman–Crippen LogP) is 4.70. The molecule has 0 aliphatic heterocycles. The Morgan fingerprint density at radius 2 is 1.80 bits per heavy atom. The Balaban J connectivity index is 1.83. The van der Waals surface area contributed by atoms with Crippen LogP contribution in [0, 0.1) is 0 Å². The third-order valence-electron chi connectivity index (χ3n) is 3.53. The molecule has 0 spiro atoms. The lowest BCUT2D eigenvalue weighted by molar-refractivity contribution is -0.0498. The maximum absolute atomic E-state index is 12.4. The molecule has 0 fully saturated rings. The van der Waals surface area contributed by atoms with E-state index in [1.807, 2.05) is 0 Å². The Labute approximate surface area is 179 Å². The van der Waals surface area contributed by atoms with Gasteiger partial charge < -0.3 is 15.4 Å². The van der Waals surface area contributed by atoms with Crippen LogP contribution in [-0.4, -0.2) is 31.3 Å². The van der Waals surface area contributed by atoms with Crippen LogP contribution in [0.5, 0.6) is 5.75 Å². The topological polar surface area (TPSA) is 105 Å². The number of benzene rings is 2. The number of nitrogens with zero attached hydrogens (tertiary/aromatic N) is 2. The molecule has 0 amide bonds. The number of hydrogen-bond donors (Lipinski definition) is 3. The number of ether oxygens (including phenoxy) is 1. The molecule has 0 aliphatic rings. The number of aromatic nitrogens is 2. The molecule has 0 saturated heterocycles. The number of halogens is 3. The van der Waals surface area contributed by atoms with Gasteiger partial charge in [-0.15, -0.1) is 0 Å². The summed E-state index contributed by atoms with van der Waals surface area (Å²) < 4.78 is 55.3. The molecule has 0 unspecified atom stereocenters. The Hall–Kier alpha value is -2.99.